The highest BCUT2D eigenvalue weighted by molar-refractivity contribution is 5.53. The quantitative estimate of drug-likeness (QED) is 0.882. The molecule has 2 aromatic rings. The molecule has 0 aromatic carbocycles. The van der Waals surface area contributed by atoms with Gasteiger partial charge < -0.3 is 10.2 Å². The predicted molar refractivity (Wildman–Crippen MR) is 93.6 cm³/mol. The van der Waals surface area contributed by atoms with Crippen molar-refractivity contribution in [3.05, 3.63) is 42.4 Å². The molecule has 1 fully saturated rings. The van der Waals surface area contributed by atoms with Crippen LogP contribution in [0, 0.1) is 11.3 Å². The van der Waals surface area contributed by atoms with Crippen LogP contribution in [0.4, 0.5) is 5.82 Å². The number of nitrogens with one attached hydrogen (secondary N) is 1. The van der Waals surface area contributed by atoms with Crippen LogP contribution in [0.3, 0.4) is 0 Å². The second-order valence-electron chi connectivity index (χ2n) is 6.37. The van der Waals surface area contributed by atoms with Crippen molar-refractivity contribution < 1.29 is 0 Å². The summed E-state index contributed by atoms with van der Waals surface area (Å²) in [4.78, 5) is 6.62. The molecule has 1 N–H and O–H groups in total. The van der Waals surface area contributed by atoms with Crippen LogP contribution in [0.25, 0.3) is 0 Å². The fourth-order valence-electron chi connectivity index (χ4n) is 3.24. The first-order chi connectivity index (χ1) is 11.8. The van der Waals surface area contributed by atoms with Gasteiger partial charge in [-0.1, -0.05) is 0 Å². The maximum absolute atomic E-state index is 9.22. The molecule has 6 nitrogen and oxygen atoms in total. The van der Waals surface area contributed by atoms with E-state index in [-0.39, 0.29) is 0 Å². The largest absolute Gasteiger partial charge is 0.355 e. The summed E-state index contributed by atoms with van der Waals surface area (Å²) in [6, 6.07) is 8.85. The molecule has 3 heterocycles. The van der Waals surface area contributed by atoms with E-state index in [1.165, 1.54) is 0 Å². The van der Waals surface area contributed by atoms with Crippen LogP contribution >= 0.6 is 0 Å². The molecule has 0 radical (unpaired) electrons. The van der Waals surface area contributed by atoms with Gasteiger partial charge >= 0.3 is 0 Å². The maximum atomic E-state index is 9.22. The van der Waals surface area contributed by atoms with E-state index < -0.39 is 0 Å². The van der Waals surface area contributed by atoms with Crippen LogP contribution in [0.5, 0.6) is 0 Å². The molecule has 0 unspecified atom stereocenters. The second-order valence-corrected chi connectivity index (χ2v) is 6.37. The van der Waals surface area contributed by atoms with Crippen LogP contribution in [0.15, 0.2) is 36.8 Å². The van der Waals surface area contributed by atoms with Gasteiger partial charge in [-0.05, 0) is 44.4 Å². The third-order valence-electron chi connectivity index (χ3n) is 4.57. The molecule has 1 aliphatic rings. The van der Waals surface area contributed by atoms with Gasteiger partial charge in [0, 0.05) is 50.3 Å². The fourth-order valence-corrected chi connectivity index (χ4v) is 3.24. The number of aromatic nitrogens is 3. The molecule has 1 atom stereocenters. The molecule has 1 saturated heterocycles. The minimum absolute atomic E-state index is 0.468. The Bertz CT molecular complexity index is 667. The third kappa shape index (κ3) is 4.12. The average Bonchev–Trinajstić information content (AvgIpc) is 3.14. The number of aryl methyl sites for hydroxylation is 1. The van der Waals surface area contributed by atoms with Gasteiger partial charge in [0.15, 0.2) is 0 Å². The van der Waals surface area contributed by atoms with Crippen molar-refractivity contribution in [2.24, 2.45) is 0 Å². The monoisotopic (exact) mass is 324 g/mol. The Labute approximate surface area is 143 Å². The molecule has 0 saturated carbocycles. The minimum atomic E-state index is 0.468. The second kappa shape index (κ2) is 7.93. The number of nitrogens with zero attached hydrogens (tertiary/aromatic N) is 5. The zero-order valence-electron chi connectivity index (χ0n) is 14.1. The highest BCUT2D eigenvalue weighted by atomic mass is 15.3. The molecule has 126 valence electrons. The van der Waals surface area contributed by atoms with Crippen molar-refractivity contribution in [3.63, 3.8) is 0 Å². The van der Waals surface area contributed by atoms with Crippen LogP contribution < -0.4 is 10.2 Å². The van der Waals surface area contributed by atoms with E-state index in [1.807, 2.05) is 35.3 Å². The predicted octanol–water partition coefficient (Wildman–Crippen LogP) is 2.19. The Morgan fingerprint density at radius 3 is 2.88 bits per heavy atom. The first-order valence-corrected chi connectivity index (χ1v) is 8.60. The Morgan fingerprint density at radius 1 is 1.33 bits per heavy atom. The highest BCUT2D eigenvalue weighted by Crippen LogP contribution is 2.21. The average molecular weight is 324 g/mol. The molecule has 0 spiro atoms. The van der Waals surface area contributed by atoms with Crippen LogP contribution in [-0.2, 0) is 6.54 Å². The molecule has 0 amide bonds. The number of anilines is 1. The van der Waals surface area contributed by atoms with Gasteiger partial charge in [-0.15, -0.1) is 0 Å². The van der Waals surface area contributed by atoms with Gasteiger partial charge in [0.2, 0.25) is 0 Å². The number of nitriles is 1. The van der Waals surface area contributed by atoms with Gasteiger partial charge in [-0.25, -0.2) is 4.98 Å². The Kier molecular flexibility index (Phi) is 5.44. The van der Waals surface area contributed by atoms with Gasteiger partial charge in [0.25, 0.3) is 0 Å². The Morgan fingerprint density at radius 2 is 2.17 bits per heavy atom. The standard InChI is InChI=1S/C18H24N6/c1-15(5-13-24-10-3-9-21-24)22-17-6-11-23(12-7-17)18-16(14-19)4-2-8-20-18/h2-4,8-10,15,17,22H,5-7,11-13H2,1H3/t15-/m1/s1. The van der Waals surface area contributed by atoms with Gasteiger partial charge in [-0.3, -0.25) is 4.68 Å². The molecular weight excluding hydrogens is 300 g/mol. The molecular formula is C18H24N6. The molecule has 24 heavy (non-hydrogen) atoms. The van der Waals surface area contributed by atoms with Crippen molar-refractivity contribution in [1.29, 1.82) is 5.26 Å². The van der Waals surface area contributed by atoms with Crippen LogP contribution in [-0.4, -0.2) is 39.9 Å². The highest BCUT2D eigenvalue weighted by Gasteiger charge is 2.22. The smallest absolute Gasteiger partial charge is 0.146 e. The van der Waals surface area contributed by atoms with Crippen molar-refractivity contribution >= 4 is 5.82 Å². The molecule has 1 aliphatic heterocycles. The van der Waals surface area contributed by atoms with Crippen LogP contribution in [0.2, 0.25) is 0 Å². The van der Waals surface area contributed by atoms with Crippen LogP contribution in [0.1, 0.15) is 31.7 Å². The third-order valence-corrected chi connectivity index (χ3v) is 4.57. The summed E-state index contributed by atoms with van der Waals surface area (Å²) >= 11 is 0. The van der Waals surface area contributed by atoms with E-state index in [4.69, 9.17) is 0 Å². The van der Waals surface area contributed by atoms with E-state index >= 15 is 0 Å². The zero-order chi connectivity index (χ0) is 16.8. The normalized spacial score (nSPS) is 16.8. The van der Waals surface area contributed by atoms with Gasteiger partial charge in [0.1, 0.15) is 11.9 Å². The topological polar surface area (TPSA) is 69.8 Å². The number of hydrogen-bond acceptors (Lipinski definition) is 5. The van der Waals surface area contributed by atoms with E-state index in [9.17, 15) is 5.26 Å². The van der Waals surface area contributed by atoms with E-state index in [1.54, 1.807) is 6.20 Å². The van der Waals surface area contributed by atoms with Crippen molar-refractivity contribution in [1.82, 2.24) is 20.1 Å². The van der Waals surface area contributed by atoms with Gasteiger partial charge in [0.05, 0.1) is 5.56 Å². The Balaban J connectivity index is 1.46. The molecule has 2 aromatic heterocycles. The molecule has 0 bridgehead atoms. The van der Waals surface area contributed by atoms with E-state index in [0.29, 0.717) is 17.6 Å². The zero-order valence-corrected chi connectivity index (χ0v) is 14.1. The first kappa shape index (κ1) is 16.5. The molecule has 3 rings (SSSR count). The fraction of sp³-hybridized carbons (Fsp3) is 0.500. The van der Waals surface area contributed by atoms with Gasteiger partial charge in [-0.2, -0.15) is 10.4 Å². The number of piperidine rings is 1. The summed E-state index contributed by atoms with van der Waals surface area (Å²) in [5, 5.41) is 17.2. The van der Waals surface area contributed by atoms with Crippen molar-refractivity contribution in [2.45, 2.75) is 44.8 Å². The lowest BCUT2D eigenvalue weighted by Gasteiger charge is -2.35. The summed E-state index contributed by atoms with van der Waals surface area (Å²) < 4.78 is 1.98. The van der Waals surface area contributed by atoms with E-state index in [0.717, 1.165) is 44.7 Å². The minimum Gasteiger partial charge on any atom is -0.355 e. The van der Waals surface area contributed by atoms with Crippen molar-refractivity contribution in [2.75, 3.05) is 18.0 Å². The van der Waals surface area contributed by atoms with E-state index in [2.05, 4.69) is 33.3 Å². The lowest BCUT2D eigenvalue weighted by atomic mass is 10.0. The summed E-state index contributed by atoms with van der Waals surface area (Å²) in [5.74, 6) is 0.824. The Hall–Kier alpha value is -2.39. The molecule has 6 heteroatoms. The molecule has 0 aliphatic carbocycles. The summed E-state index contributed by atoms with van der Waals surface area (Å²) in [6.45, 7) is 5.06. The lowest BCUT2D eigenvalue weighted by molar-refractivity contribution is 0.353. The lowest BCUT2D eigenvalue weighted by Crippen LogP contribution is -2.46. The number of hydrogen-bond donors (Lipinski definition) is 1. The summed E-state index contributed by atoms with van der Waals surface area (Å²) in [5.41, 5.74) is 0.663. The first-order valence-electron chi connectivity index (χ1n) is 8.60. The van der Waals surface area contributed by atoms with Crippen molar-refractivity contribution in [3.8, 4) is 6.07 Å². The summed E-state index contributed by atoms with van der Waals surface area (Å²) in [7, 11) is 0. The SMILES string of the molecule is C[C@H](CCn1cccn1)NC1CCN(c2ncccc2C#N)CC1. The number of pyridine rings is 1. The number of rotatable bonds is 6. The summed E-state index contributed by atoms with van der Waals surface area (Å²) in [6.07, 6.45) is 8.81. The maximum Gasteiger partial charge on any atom is 0.146 e.